The molecule has 112 valence electrons. The van der Waals surface area contributed by atoms with Gasteiger partial charge in [0.1, 0.15) is 0 Å². The van der Waals surface area contributed by atoms with Crippen LogP contribution in [-0.4, -0.2) is 76.9 Å². The van der Waals surface area contributed by atoms with Gasteiger partial charge in [0.2, 0.25) is 10.1 Å². The van der Waals surface area contributed by atoms with Gasteiger partial charge in [-0.1, -0.05) is 18.3 Å². The lowest BCUT2D eigenvalue weighted by molar-refractivity contribution is 0.0614. The van der Waals surface area contributed by atoms with Gasteiger partial charge in [0.25, 0.3) is 5.91 Å². The summed E-state index contributed by atoms with van der Waals surface area (Å²) in [4.78, 5) is 16.2. The van der Waals surface area contributed by atoms with E-state index in [1.165, 1.54) is 11.3 Å². The maximum Gasteiger partial charge on any atom is 0.284 e. The Labute approximate surface area is 122 Å². The first-order valence-electron chi connectivity index (χ1n) is 6.94. The molecule has 0 spiro atoms. The Morgan fingerprint density at radius 1 is 1.35 bits per heavy atom. The van der Waals surface area contributed by atoms with E-state index >= 15 is 0 Å². The number of carbonyl (C=O) groups excluding carboxylic acids is 1. The van der Waals surface area contributed by atoms with Crippen molar-refractivity contribution in [3.8, 4) is 0 Å². The van der Waals surface area contributed by atoms with E-state index in [4.69, 9.17) is 5.11 Å². The summed E-state index contributed by atoms with van der Waals surface area (Å²) in [5.74, 6) is -0.0457. The Hall–Kier alpha value is -1.25. The monoisotopic (exact) mass is 299 g/mol. The summed E-state index contributed by atoms with van der Waals surface area (Å²) < 4.78 is 0. The molecular formula is C12H21N5O2S. The lowest BCUT2D eigenvalue weighted by atomic mass is 10.3. The van der Waals surface area contributed by atoms with Crippen LogP contribution in [0.2, 0.25) is 0 Å². The molecule has 20 heavy (non-hydrogen) atoms. The highest BCUT2D eigenvalue weighted by Gasteiger charge is 2.24. The summed E-state index contributed by atoms with van der Waals surface area (Å²) in [6.07, 6.45) is 1.01. The number of β-amino-alcohol motifs (C(OH)–C–C–N with tert-alkyl or cyclic N) is 1. The van der Waals surface area contributed by atoms with E-state index in [0.29, 0.717) is 29.8 Å². The summed E-state index contributed by atoms with van der Waals surface area (Å²) in [7, 11) is 0. The van der Waals surface area contributed by atoms with Crippen molar-refractivity contribution in [1.29, 1.82) is 0 Å². The molecule has 1 saturated heterocycles. The van der Waals surface area contributed by atoms with Gasteiger partial charge in [-0.2, -0.15) is 0 Å². The highest BCUT2D eigenvalue weighted by atomic mass is 32.1. The largest absolute Gasteiger partial charge is 0.395 e. The maximum atomic E-state index is 12.3. The molecule has 1 amide bonds. The zero-order chi connectivity index (χ0) is 14.4. The number of hydrogen-bond acceptors (Lipinski definition) is 7. The van der Waals surface area contributed by atoms with Crippen LogP contribution in [0.3, 0.4) is 0 Å². The van der Waals surface area contributed by atoms with Gasteiger partial charge in [0.15, 0.2) is 0 Å². The van der Waals surface area contributed by atoms with E-state index in [0.717, 1.165) is 26.1 Å². The number of amides is 1. The van der Waals surface area contributed by atoms with Crippen LogP contribution in [0.5, 0.6) is 0 Å². The van der Waals surface area contributed by atoms with Gasteiger partial charge >= 0.3 is 0 Å². The molecule has 1 aromatic rings. The second-order valence-electron chi connectivity index (χ2n) is 4.70. The zero-order valence-corrected chi connectivity index (χ0v) is 12.5. The van der Waals surface area contributed by atoms with Crippen LogP contribution < -0.4 is 5.32 Å². The van der Waals surface area contributed by atoms with Crippen LogP contribution in [0, 0.1) is 0 Å². The van der Waals surface area contributed by atoms with E-state index in [2.05, 4.69) is 27.3 Å². The van der Waals surface area contributed by atoms with Crippen molar-refractivity contribution in [2.24, 2.45) is 0 Å². The first kappa shape index (κ1) is 15.1. The van der Waals surface area contributed by atoms with Crippen molar-refractivity contribution in [3.05, 3.63) is 5.01 Å². The second-order valence-corrected chi connectivity index (χ2v) is 5.67. The van der Waals surface area contributed by atoms with Gasteiger partial charge in [-0.15, -0.1) is 10.2 Å². The molecule has 2 heterocycles. The number of hydrogen-bond donors (Lipinski definition) is 2. The molecule has 0 aliphatic carbocycles. The third-order valence-corrected chi connectivity index (χ3v) is 4.08. The molecule has 0 radical (unpaired) electrons. The van der Waals surface area contributed by atoms with E-state index in [1.54, 1.807) is 4.90 Å². The van der Waals surface area contributed by atoms with Gasteiger partial charge in [0, 0.05) is 39.3 Å². The number of nitrogens with zero attached hydrogens (tertiary/aromatic N) is 4. The third kappa shape index (κ3) is 3.87. The van der Waals surface area contributed by atoms with Crippen molar-refractivity contribution >= 4 is 22.4 Å². The number of rotatable bonds is 6. The molecule has 8 heteroatoms. The molecular weight excluding hydrogens is 278 g/mol. The van der Waals surface area contributed by atoms with Crippen molar-refractivity contribution in [2.45, 2.75) is 13.3 Å². The smallest absolute Gasteiger partial charge is 0.284 e. The number of piperazine rings is 1. The molecule has 7 nitrogen and oxygen atoms in total. The normalized spacial score (nSPS) is 16.4. The van der Waals surface area contributed by atoms with Gasteiger partial charge in [-0.05, 0) is 6.42 Å². The van der Waals surface area contributed by atoms with Crippen LogP contribution in [0.25, 0.3) is 0 Å². The van der Waals surface area contributed by atoms with E-state index < -0.39 is 0 Å². The van der Waals surface area contributed by atoms with E-state index in [1.807, 2.05) is 0 Å². The predicted octanol–water partition coefficient (Wildman–Crippen LogP) is 0.110. The summed E-state index contributed by atoms with van der Waals surface area (Å²) in [5, 5.41) is 21.1. The van der Waals surface area contributed by atoms with Crippen LogP contribution in [0.15, 0.2) is 0 Å². The van der Waals surface area contributed by atoms with Crippen LogP contribution in [-0.2, 0) is 0 Å². The van der Waals surface area contributed by atoms with Crippen LogP contribution in [0.1, 0.15) is 23.1 Å². The minimum Gasteiger partial charge on any atom is -0.395 e. The number of aliphatic hydroxyl groups excluding tert-OH is 1. The highest BCUT2D eigenvalue weighted by Crippen LogP contribution is 2.17. The average Bonchev–Trinajstić information content (AvgIpc) is 2.94. The van der Waals surface area contributed by atoms with Crippen molar-refractivity contribution in [2.75, 3.05) is 51.2 Å². The minimum atomic E-state index is -0.0457. The molecule has 0 saturated carbocycles. The van der Waals surface area contributed by atoms with Crippen LogP contribution in [0.4, 0.5) is 5.13 Å². The molecule has 0 bridgehead atoms. The van der Waals surface area contributed by atoms with Crippen molar-refractivity contribution < 1.29 is 9.90 Å². The molecule has 2 rings (SSSR count). The maximum absolute atomic E-state index is 12.3. The Kier molecular flexibility index (Phi) is 5.69. The molecule has 1 aromatic heterocycles. The number of aliphatic hydroxyl groups is 1. The Morgan fingerprint density at radius 2 is 2.10 bits per heavy atom. The van der Waals surface area contributed by atoms with Crippen LogP contribution >= 0.6 is 11.3 Å². The highest BCUT2D eigenvalue weighted by molar-refractivity contribution is 7.17. The Morgan fingerprint density at radius 3 is 2.75 bits per heavy atom. The van der Waals surface area contributed by atoms with Gasteiger partial charge in [-0.3, -0.25) is 9.69 Å². The lowest BCUT2D eigenvalue weighted by Crippen LogP contribution is -2.49. The molecule has 0 unspecified atom stereocenters. The zero-order valence-electron chi connectivity index (χ0n) is 11.7. The van der Waals surface area contributed by atoms with Crippen molar-refractivity contribution in [3.63, 3.8) is 0 Å². The average molecular weight is 299 g/mol. The minimum absolute atomic E-state index is 0.0457. The molecule has 1 fully saturated rings. The number of anilines is 1. The Balaban J connectivity index is 1.87. The van der Waals surface area contributed by atoms with Gasteiger partial charge in [-0.25, -0.2) is 0 Å². The summed E-state index contributed by atoms with van der Waals surface area (Å²) >= 11 is 1.31. The standard InChI is InChI=1S/C12H21N5O2S/c1-2-3-13-12-15-14-10(20-12)11(19)17-6-4-16(5-7-17)8-9-18/h18H,2-9H2,1H3,(H,13,15). The first-order chi connectivity index (χ1) is 9.74. The van der Waals surface area contributed by atoms with E-state index in [-0.39, 0.29) is 12.5 Å². The van der Waals surface area contributed by atoms with Gasteiger partial charge in [0.05, 0.1) is 6.61 Å². The molecule has 2 N–H and O–H groups in total. The predicted molar refractivity (Wildman–Crippen MR) is 78.1 cm³/mol. The summed E-state index contributed by atoms with van der Waals surface area (Å²) in [6, 6.07) is 0. The van der Waals surface area contributed by atoms with Crippen molar-refractivity contribution in [1.82, 2.24) is 20.0 Å². The number of nitrogens with one attached hydrogen (secondary N) is 1. The fourth-order valence-corrected chi connectivity index (χ4v) is 2.80. The molecule has 1 aliphatic heterocycles. The van der Waals surface area contributed by atoms with Gasteiger partial charge < -0.3 is 15.3 Å². The Bertz CT molecular complexity index is 431. The fraction of sp³-hybridized carbons (Fsp3) is 0.750. The molecule has 0 atom stereocenters. The fourth-order valence-electron chi connectivity index (χ4n) is 2.06. The second kappa shape index (κ2) is 7.51. The summed E-state index contributed by atoms with van der Waals surface area (Å²) in [6.45, 7) is 6.70. The molecule has 1 aliphatic rings. The van der Waals surface area contributed by atoms with E-state index in [9.17, 15) is 4.79 Å². The third-order valence-electron chi connectivity index (χ3n) is 3.21. The SMILES string of the molecule is CCCNc1nnc(C(=O)N2CCN(CCO)CC2)s1. The first-order valence-corrected chi connectivity index (χ1v) is 7.76. The topological polar surface area (TPSA) is 81.6 Å². The number of carbonyl (C=O) groups is 1. The quantitative estimate of drug-likeness (QED) is 0.776. The molecule has 0 aromatic carbocycles. The number of aromatic nitrogens is 2. The lowest BCUT2D eigenvalue weighted by Gasteiger charge is -2.33. The summed E-state index contributed by atoms with van der Waals surface area (Å²) in [5.41, 5.74) is 0.